The number of carbonyl (C=O) groups excluding carboxylic acids is 2. The highest BCUT2D eigenvalue weighted by atomic mass is 32.1. The van der Waals surface area contributed by atoms with Crippen molar-refractivity contribution < 1.29 is 9.59 Å². The summed E-state index contributed by atoms with van der Waals surface area (Å²) in [6.07, 6.45) is 1.65. The third-order valence-electron chi connectivity index (χ3n) is 2.10. The predicted molar refractivity (Wildman–Crippen MR) is 62.0 cm³/mol. The molecule has 0 aliphatic heterocycles. The number of primary amides is 1. The second-order valence-corrected chi connectivity index (χ2v) is 4.39. The van der Waals surface area contributed by atoms with Gasteiger partial charge in [-0.25, -0.2) is 4.98 Å². The van der Waals surface area contributed by atoms with Crippen LogP contribution in [-0.4, -0.2) is 26.5 Å². The number of carbonyl (C=O) groups is 2. The number of ketones is 1. The van der Waals surface area contributed by atoms with Crippen molar-refractivity contribution in [2.24, 2.45) is 5.73 Å². The second-order valence-electron chi connectivity index (χ2n) is 3.45. The van der Waals surface area contributed by atoms with E-state index >= 15 is 0 Å². The zero-order chi connectivity index (χ0) is 12.4. The van der Waals surface area contributed by atoms with Crippen LogP contribution in [0.2, 0.25) is 0 Å². The van der Waals surface area contributed by atoms with Gasteiger partial charge in [0.05, 0.1) is 6.54 Å². The molecule has 0 saturated heterocycles. The van der Waals surface area contributed by atoms with Crippen molar-refractivity contribution >= 4 is 23.0 Å². The van der Waals surface area contributed by atoms with Crippen molar-refractivity contribution in [3.8, 4) is 0 Å². The van der Waals surface area contributed by atoms with Gasteiger partial charge in [0.1, 0.15) is 16.4 Å². The number of hydrogen-bond acceptors (Lipinski definition) is 5. The molecule has 88 valence electrons. The van der Waals surface area contributed by atoms with Gasteiger partial charge in [0, 0.05) is 18.5 Å². The molecule has 0 aliphatic rings. The van der Waals surface area contributed by atoms with E-state index in [1.807, 2.05) is 0 Å². The molecule has 0 radical (unpaired) electrons. The molecule has 0 saturated carbocycles. The molecule has 0 spiro atoms. The first-order chi connectivity index (χ1) is 8.06. The molecule has 2 N–H and O–H groups in total. The minimum atomic E-state index is -0.563. The third kappa shape index (κ3) is 2.56. The van der Waals surface area contributed by atoms with Gasteiger partial charge < -0.3 is 5.73 Å². The summed E-state index contributed by atoms with van der Waals surface area (Å²) in [5.41, 5.74) is 5.76. The zero-order valence-corrected chi connectivity index (χ0v) is 9.90. The Hall–Kier alpha value is -2.02. The predicted octanol–water partition coefficient (Wildman–Crippen LogP) is 0.689. The summed E-state index contributed by atoms with van der Waals surface area (Å²) in [5, 5.41) is 6.45. The molecule has 17 heavy (non-hydrogen) atoms. The van der Waals surface area contributed by atoms with E-state index in [0.717, 1.165) is 5.01 Å². The summed E-state index contributed by atoms with van der Waals surface area (Å²) in [6.45, 7) is 1.89. The van der Waals surface area contributed by atoms with Crippen LogP contribution in [0.5, 0.6) is 0 Å². The van der Waals surface area contributed by atoms with Crippen LogP contribution < -0.4 is 5.73 Å². The van der Waals surface area contributed by atoms with Crippen molar-refractivity contribution in [2.75, 3.05) is 0 Å². The van der Waals surface area contributed by atoms with Gasteiger partial charge in [-0.05, 0) is 6.07 Å². The van der Waals surface area contributed by atoms with Crippen LogP contribution in [-0.2, 0) is 6.54 Å². The van der Waals surface area contributed by atoms with Crippen molar-refractivity contribution in [1.82, 2.24) is 14.8 Å². The van der Waals surface area contributed by atoms with E-state index in [0.29, 0.717) is 12.2 Å². The van der Waals surface area contributed by atoms with Crippen LogP contribution in [0.4, 0.5) is 0 Å². The fourth-order valence-electron chi connectivity index (χ4n) is 1.26. The lowest BCUT2D eigenvalue weighted by atomic mass is 10.4. The molecular formula is C10H10N4O2S. The first kappa shape index (κ1) is 11.5. The summed E-state index contributed by atoms with van der Waals surface area (Å²) < 4.78 is 1.56. The zero-order valence-electron chi connectivity index (χ0n) is 9.08. The quantitative estimate of drug-likeness (QED) is 0.808. The molecule has 2 aromatic rings. The summed E-state index contributed by atoms with van der Waals surface area (Å²) in [7, 11) is 0. The van der Waals surface area contributed by atoms with Gasteiger partial charge in [-0.2, -0.15) is 5.10 Å². The number of amides is 1. The minimum absolute atomic E-state index is 0.0641. The van der Waals surface area contributed by atoms with E-state index in [-0.39, 0.29) is 11.5 Å². The van der Waals surface area contributed by atoms with Gasteiger partial charge in [0.25, 0.3) is 5.91 Å². The Balaban J connectivity index is 2.13. The Morgan fingerprint density at radius 1 is 1.47 bits per heavy atom. The number of nitrogens with two attached hydrogens (primary N) is 1. The first-order valence-corrected chi connectivity index (χ1v) is 5.73. The van der Waals surface area contributed by atoms with E-state index in [2.05, 4.69) is 10.1 Å². The highest BCUT2D eigenvalue weighted by Crippen LogP contribution is 2.11. The van der Waals surface area contributed by atoms with Crippen molar-refractivity contribution in [3.05, 3.63) is 34.0 Å². The maximum absolute atomic E-state index is 11.1. The second kappa shape index (κ2) is 4.46. The van der Waals surface area contributed by atoms with Crippen LogP contribution >= 0.6 is 11.3 Å². The lowest BCUT2D eigenvalue weighted by molar-refractivity contribution is 0.0991. The molecular weight excluding hydrogens is 240 g/mol. The van der Waals surface area contributed by atoms with Gasteiger partial charge in [-0.1, -0.05) is 0 Å². The molecule has 2 aromatic heterocycles. The number of rotatable bonds is 4. The van der Waals surface area contributed by atoms with Gasteiger partial charge in [0.2, 0.25) is 0 Å². The van der Waals surface area contributed by atoms with Gasteiger partial charge in [-0.3, -0.25) is 14.3 Å². The molecule has 2 rings (SSSR count). The maximum Gasteiger partial charge on any atom is 0.269 e. The molecule has 6 nitrogen and oxygen atoms in total. The van der Waals surface area contributed by atoms with Crippen LogP contribution in [0.3, 0.4) is 0 Å². The molecule has 1 amide bonds. The number of Topliss-reactive ketones (excluding diaryl/α,β-unsaturated/α-hetero) is 1. The number of nitrogens with zero attached hydrogens (tertiary/aromatic N) is 3. The van der Waals surface area contributed by atoms with Gasteiger partial charge in [-0.15, -0.1) is 11.3 Å². The topological polar surface area (TPSA) is 90.9 Å². The Morgan fingerprint density at radius 3 is 2.76 bits per heavy atom. The summed E-state index contributed by atoms with van der Waals surface area (Å²) in [6, 6.07) is 1.54. The number of hydrogen-bond donors (Lipinski definition) is 1. The average Bonchev–Trinajstić information content (AvgIpc) is 2.87. The summed E-state index contributed by atoms with van der Waals surface area (Å²) in [5.74, 6) is -0.627. The maximum atomic E-state index is 11.1. The monoisotopic (exact) mass is 250 g/mol. The number of aromatic nitrogens is 3. The SMILES string of the molecule is CC(=O)c1csc(Cn2ccc(C(N)=O)n2)n1. The molecule has 2 heterocycles. The molecule has 0 atom stereocenters. The fraction of sp³-hybridized carbons (Fsp3) is 0.200. The lowest BCUT2D eigenvalue weighted by Crippen LogP contribution is -2.12. The van der Waals surface area contributed by atoms with E-state index in [1.54, 1.807) is 22.3 Å². The molecule has 0 bridgehead atoms. The van der Waals surface area contributed by atoms with Crippen molar-refractivity contribution in [1.29, 1.82) is 0 Å². The van der Waals surface area contributed by atoms with Crippen LogP contribution in [0.1, 0.15) is 32.9 Å². The molecule has 0 aromatic carbocycles. The Labute approximate surface area is 101 Å². The number of thiazole rings is 1. The first-order valence-electron chi connectivity index (χ1n) is 4.85. The standard InChI is InChI=1S/C10H10N4O2S/c1-6(15)8-5-17-9(12-8)4-14-3-2-7(13-14)10(11)16/h2-3,5H,4H2,1H3,(H2,11,16). The highest BCUT2D eigenvalue weighted by molar-refractivity contribution is 7.09. The Kier molecular flexibility index (Phi) is 3.01. The van der Waals surface area contributed by atoms with Crippen molar-refractivity contribution in [3.63, 3.8) is 0 Å². The van der Waals surface area contributed by atoms with Crippen LogP contribution in [0.25, 0.3) is 0 Å². The molecule has 0 unspecified atom stereocenters. The van der Waals surface area contributed by atoms with Gasteiger partial charge >= 0.3 is 0 Å². The lowest BCUT2D eigenvalue weighted by Gasteiger charge is -1.96. The summed E-state index contributed by atoms with van der Waals surface area (Å²) >= 11 is 1.38. The van der Waals surface area contributed by atoms with Crippen LogP contribution in [0.15, 0.2) is 17.6 Å². The van der Waals surface area contributed by atoms with Crippen molar-refractivity contribution in [2.45, 2.75) is 13.5 Å². The van der Waals surface area contributed by atoms with Crippen LogP contribution in [0, 0.1) is 0 Å². The highest BCUT2D eigenvalue weighted by Gasteiger charge is 2.08. The molecule has 0 aliphatic carbocycles. The molecule has 0 fully saturated rings. The normalized spacial score (nSPS) is 10.4. The minimum Gasteiger partial charge on any atom is -0.364 e. The Bertz CT molecular complexity index is 522. The fourth-order valence-corrected chi connectivity index (χ4v) is 2.09. The smallest absolute Gasteiger partial charge is 0.269 e. The van der Waals surface area contributed by atoms with E-state index < -0.39 is 5.91 Å². The van der Waals surface area contributed by atoms with E-state index in [9.17, 15) is 9.59 Å². The third-order valence-corrected chi connectivity index (χ3v) is 2.94. The van der Waals surface area contributed by atoms with Gasteiger partial charge in [0.15, 0.2) is 5.78 Å². The largest absolute Gasteiger partial charge is 0.364 e. The average molecular weight is 250 g/mol. The van der Waals surface area contributed by atoms with E-state index in [4.69, 9.17) is 5.73 Å². The van der Waals surface area contributed by atoms with E-state index in [1.165, 1.54) is 18.3 Å². The summed E-state index contributed by atoms with van der Waals surface area (Å²) in [4.78, 5) is 26.1. The Morgan fingerprint density at radius 2 is 2.24 bits per heavy atom. The molecule has 7 heteroatoms.